The number of halogens is 1. The minimum absolute atomic E-state index is 0.129. The van der Waals surface area contributed by atoms with Crippen molar-refractivity contribution in [1.29, 1.82) is 0 Å². The van der Waals surface area contributed by atoms with Gasteiger partial charge in [0.05, 0.1) is 23.8 Å². The molecule has 0 radical (unpaired) electrons. The number of hydrogen-bond donors (Lipinski definition) is 0. The summed E-state index contributed by atoms with van der Waals surface area (Å²) in [6.45, 7) is 3.72. The average Bonchev–Trinajstić information content (AvgIpc) is 2.64. The number of ether oxygens (including phenoxy) is 1. The van der Waals surface area contributed by atoms with Crippen LogP contribution in [-0.2, 0) is 9.53 Å². The number of carbonyl (C=O) groups is 1. The molecule has 2 heterocycles. The van der Waals surface area contributed by atoms with Crippen molar-refractivity contribution in [3.05, 3.63) is 65.3 Å². The van der Waals surface area contributed by atoms with Crippen molar-refractivity contribution in [3.63, 3.8) is 0 Å². The third-order valence-corrected chi connectivity index (χ3v) is 5.21. The Balaban J connectivity index is 1.80. The highest BCUT2D eigenvalue weighted by Gasteiger charge is 2.30. The van der Waals surface area contributed by atoms with Crippen molar-refractivity contribution in [1.82, 2.24) is 4.90 Å². The molecule has 1 atom stereocenters. The second-order valence-electron chi connectivity index (χ2n) is 6.29. The third kappa shape index (κ3) is 3.45. The van der Waals surface area contributed by atoms with E-state index < -0.39 is 0 Å². The summed E-state index contributed by atoms with van der Waals surface area (Å²) in [6.07, 6.45) is 6.07. The fourth-order valence-corrected chi connectivity index (χ4v) is 3.81. The number of nitrogens with zero attached hydrogens (tertiary/aromatic N) is 2. The first-order chi connectivity index (χ1) is 12.2. The maximum Gasteiger partial charge on any atom is 0.275 e. The molecule has 1 saturated heterocycles. The van der Waals surface area contributed by atoms with Crippen LogP contribution in [0, 0.1) is 0 Å². The SMILES string of the molecule is O=C1N=C2C=CC(Br)C=C2C(c2ccccc2)=C1CN1CCOCC1. The summed E-state index contributed by atoms with van der Waals surface area (Å²) in [4.78, 5) is 19.6. The Morgan fingerprint density at radius 3 is 2.72 bits per heavy atom. The summed E-state index contributed by atoms with van der Waals surface area (Å²) in [5, 5.41) is 0. The normalized spacial score (nSPS) is 24.0. The Morgan fingerprint density at radius 1 is 1.20 bits per heavy atom. The fraction of sp³-hybridized carbons (Fsp3) is 0.300. The fourth-order valence-electron chi connectivity index (χ4n) is 3.39. The Bertz CT molecular complexity index is 802. The van der Waals surface area contributed by atoms with Gasteiger partial charge in [-0.3, -0.25) is 9.69 Å². The molecule has 0 bridgehead atoms. The quantitative estimate of drug-likeness (QED) is 0.734. The summed E-state index contributed by atoms with van der Waals surface area (Å²) in [6, 6.07) is 10.1. The maximum atomic E-state index is 12.8. The maximum absolute atomic E-state index is 12.8. The molecule has 1 fully saturated rings. The molecule has 0 aromatic heterocycles. The van der Waals surface area contributed by atoms with Gasteiger partial charge in [0.15, 0.2) is 0 Å². The molecule has 5 heteroatoms. The van der Waals surface area contributed by atoms with Gasteiger partial charge in [0.1, 0.15) is 0 Å². The lowest BCUT2D eigenvalue weighted by Gasteiger charge is -2.30. The topological polar surface area (TPSA) is 41.9 Å². The summed E-state index contributed by atoms with van der Waals surface area (Å²) in [5.41, 5.74) is 4.64. The zero-order valence-electron chi connectivity index (χ0n) is 13.8. The van der Waals surface area contributed by atoms with Crippen LogP contribution in [0.3, 0.4) is 0 Å². The van der Waals surface area contributed by atoms with E-state index in [0.29, 0.717) is 19.8 Å². The number of allylic oxidation sites excluding steroid dienone is 5. The van der Waals surface area contributed by atoms with Crippen molar-refractivity contribution in [2.24, 2.45) is 4.99 Å². The molecule has 1 aromatic carbocycles. The number of alkyl halides is 1. The Hall–Kier alpha value is -1.82. The smallest absolute Gasteiger partial charge is 0.275 e. The van der Waals surface area contributed by atoms with Crippen molar-refractivity contribution in [2.75, 3.05) is 32.8 Å². The van der Waals surface area contributed by atoms with E-state index in [9.17, 15) is 4.79 Å². The number of aliphatic imine (C=N–C) groups is 1. The Morgan fingerprint density at radius 2 is 1.96 bits per heavy atom. The van der Waals surface area contributed by atoms with Crippen LogP contribution in [0.5, 0.6) is 0 Å². The number of rotatable bonds is 3. The average molecular weight is 399 g/mol. The molecular formula is C20H19BrN2O2. The van der Waals surface area contributed by atoms with Gasteiger partial charge in [-0.05, 0) is 11.6 Å². The van der Waals surface area contributed by atoms with Gasteiger partial charge in [-0.2, -0.15) is 0 Å². The van der Waals surface area contributed by atoms with E-state index in [4.69, 9.17) is 4.74 Å². The van der Waals surface area contributed by atoms with Crippen LogP contribution in [0.1, 0.15) is 5.56 Å². The first-order valence-corrected chi connectivity index (χ1v) is 9.40. The molecule has 1 unspecified atom stereocenters. The van der Waals surface area contributed by atoms with Crippen LogP contribution >= 0.6 is 15.9 Å². The van der Waals surface area contributed by atoms with Gasteiger partial charge in [0, 0.05) is 36.4 Å². The van der Waals surface area contributed by atoms with E-state index >= 15 is 0 Å². The number of amides is 1. The lowest BCUT2D eigenvalue weighted by atomic mass is 9.85. The molecule has 0 saturated carbocycles. The highest BCUT2D eigenvalue weighted by molar-refractivity contribution is 9.09. The number of fused-ring (bicyclic) bond motifs is 1. The Kier molecular flexibility index (Phi) is 4.79. The van der Waals surface area contributed by atoms with Gasteiger partial charge < -0.3 is 4.74 Å². The zero-order valence-corrected chi connectivity index (χ0v) is 15.4. The molecule has 4 rings (SSSR count). The van der Waals surface area contributed by atoms with Gasteiger partial charge in [-0.1, -0.05) is 58.4 Å². The zero-order chi connectivity index (χ0) is 17.2. The molecule has 0 spiro atoms. The highest BCUT2D eigenvalue weighted by atomic mass is 79.9. The molecule has 1 amide bonds. The highest BCUT2D eigenvalue weighted by Crippen LogP contribution is 2.35. The van der Waals surface area contributed by atoms with Crippen LogP contribution in [0.2, 0.25) is 0 Å². The minimum Gasteiger partial charge on any atom is -0.379 e. The monoisotopic (exact) mass is 398 g/mol. The van der Waals surface area contributed by atoms with Crippen molar-refractivity contribution < 1.29 is 9.53 Å². The third-order valence-electron chi connectivity index (χ3n) is 4.64. The molecule has 2 aliphatic heterocycles. The van der Waals surface area contributed by atoms with E-state index in [1.165, 1.54) is 0 Å². The predicted molar refractivity (Wildman–Crippen MR) is 103 cm³/mol. The van der Waals surface area contributed by atoms with Crippen LogP contribution in [-0.4, -0.2) is 54.2 Å². The summed E-state index contributed by atoms with van der Waals surface area (Å²) < 4.78 is 5.43. The van der Waals surface area contributed by atoms with E-state index in [0.717, 1.165) is 41.1 Å². The molecule has 1 aromatic rings. The number of carbonyl (C=O) groups excluding carboxylic acids is 1. The summed E-state index contributed by atoms with van der Waals surface area (Å²) >= 11 is 3.63. The largest absolute Gasteiger partial charge is 0.379 e. The lowest BCUT2D eigenvalue weighted by Crippen LogP contribution is -2.39. The summed E-state index contributed by atoms with van der Waals surface area (Å²) in [5.74, 6) is -0.129. The lowest BCUT2D eigenvalue weighted by molar-refractivity contribution is -0.114. The first kappa shape index (κ1) is 16.6. The number of dihydropyridines is 1. The molecule has 25 heavy (non-hydrogen) atoms. The molecule has 4 nitrogen and oxygen atoms in total. The van der Waals surface area contributed by atoms with E-state index in [1.807, 2.05) is 30.4 Å². The molecule has 3 aliphatic rings. The van der Waals surface area contributed by atoms with Crippen molar-refractivity contribution in [3.8, 4) is 0 Å². The minimum atomic E-state index is -0.129. The van der Waals surface area contributed by atoms with E-state index in [2.05, 4.69) is 44.0 Å². The molecule has 1 aliphatic carbocycles. The second-order valence-corrected chi connectivity index (χ2v) is 7.35. The summed E-state index contributed by atoms with van der Waals surface area (Å²) in [7, 11) is 0. The van der Waals surface area contributed by atoms with E-state index in [-0.39, 0.29) is 10.7 Å². The van der Waals surface area contributed by atoms with Crippen LogP contribution < -0.4 is 0 Å². The number of morpholine rings is 1. The van der Waals surface area contributed by atoms with Crippen LogP contribution in [0.15, 0.2) is 64.7 Å². The molecule has 0 N–H and O–H groups in total. The molecular weight excluding hydrogens is 380 g/mol. The van der Waals surface area contributed by atoms with Crippen LogP contribution in [0.4, 0.5) is 0 Å². The predicted octanol–water partition coefficient (Wildman–Crippen LogP) is 3.01. The van der Waals surface area contributed by atoms with Crippen LogP contribution in [0.25, 0.3) is 5.57 Å². The Labute approximate surface area is 155 Å². The van der Waals surface area contributed by atoms with Gasteiger partial charge in [0.2, 0.25) is 0 Å². The number of hydrogen-bond acceptors (Lipinski definition) is 3. The van der Waals surface area contributed by atoms with Crippen molar-refractivity contribution >= 4 is 33.1 Å². The molecule has 128 valence electrons. The standard InChI is InChI=1S/C20H19BrN2O2/c21-15-6-7-18-16(12-15)19(14-4-2-1-3-5-14)17(20(24)22-18)13-23-8-10-25-11-9-23/h1-7,12,15H,8-11,13H2. The second kappa shape index (κ2) is 7.20. The van der Waals surface area contributed by atoms with Gasteiger partial charge >= 0.3 is 0 Å². The number of benzene rings is 1. The van der Waals surface area contributed by atoms with Gasteiger partial charge in [-0.15, -0.1) is 0 Å². The van der Waals surface area contributed by atoms with Gasteiger partial charge in [0.25, 0.3) is 5.91 Å². The first-order valence-electron chi connectivity index (χ1n) is 8.49. The van der Waals surface area contributed by atoms with Crippen molar-refractivity contribution in [2.45, 2.75) is 4.83 Å². The van der Waals surface area contributed by atoms with E-state index in [1.54, 1.807) is 0 Å². The van der Waals surface area contributed by atoms with Gasteiger partial charge in [-0.25, -0.2) is 4.99 Å².